The summed E-state index contributed by atoms with van der Waals surface area (Å²) in [5.74, 6) is 0. The van der Waals surface area contributed by atoms with E-state index in [4.69, 9.17) is 10.00 Å². The smallest absolute Gasteiger partial charge is 0.0645 e. The van der Waals surface area contributed by atoms with Crippen LogP contribution in [0.25, 0.3) is 0 Å². The van der Waals surface area contributed by atoms with Crippen LogP contribution in [0, 0.1) is 11.3 Å². The van der Waals surface area contributed by atoms with Crippen molar-refractivity contribution in [2.75, 3.05) is 6.61 Å². The molecule has 64 valence electrons. The minimum atomic E-state index is 0.369. The summed E-state index contributed by atoms with van der Waals surface area (Å²) in [5.41, 5.74) is 0. The van der Waals surface area contributed by atoms with Crippen LogP contribution >= 0.6 is 0 Å². The molecule has 0 fully saturated rings. The molecule has 0 aromatic rings. The van der Waals surface area contributed by atoms with Gasteiger partial charge in [-0.2, -0.15) is 5.26 Å². The molecule has 1 unspecified atom stereocenters. The molecule has 0 radical (unpaired) electrons. The Kier molecular flexibility index (Phi) is 7.18. The molecular formula is C9H17NO. The molecule has 0 amide bonds. The number of hydrogen-bond donors (Lipinski definition) is 0. The molecule has 0 aromatic carbocycles. The lowest BCUT2D eigenvalue weighted by atomic mass is 10.2. The second-order valence-corrected chi connectivity index (χ2v) is 2.60. The fourth-order valence-electron chi connectivity index (χ4n) is 0.999. The van der Waals surface area contributed by atoms with Gasteiger partial charge in [-0.1, -0.05) is 20.3 Å². The second-order valence-electron chi connectivity index (χ2n) is 2.60. The molecule has 11 heavy (non-hydrogen) atoms. The lowest BCUT2D eigenvalue weighted by Crippen LogP contribution is -2.11. The van der Waals surface area contributed by atoms with Crippen molar-refractivity contribution in [2.24, 2.45) is 0 Å². The SMILES string of the molecule is CCCC(CC)OCCC#N. The average molecular weight is 155 g/mol. The maximum atomic E-state index is 8.25. The molecule has 0 aliphatic rings. The van der Waals surface area contributed by atoms with Gasteiger partial charge in [0.25, 0.3) is 0 Å². The Morgan fingerprint density at radius 1 is 1.45 bits per heavy atom. The van der Waals surface area contributed by atoms with Crippen molar-refractivity contribution < 1.29 is 4.74 Å². The highest BCUT2D eigenvalue weighted by molar-refractivity contribution is 4.68. The van der Waals surface area contributed by atoms with E-state index in [9.17, 15) is 0 Å². The Morgan fingerprint density at radius 3 is 2.64 bits per heavy atom. The van der Waals surface area contributed by atoms with Crippen LogP contribution in [0.5, 0.6) is 0 Å². The number of ether oxygens (including phenoxy) is 1. The van der Waals surface area contributed by atoms with Crippen molar-refractivity contribution in [3.8, 4) is 6.07 Å². The van der Waals surface area contributed by atoms with Crippen LogP contribution in [0.4, 0.5) is 0 Å². The van der Waals surface area contributed by atoms with E-state index in [0.717, 1.165) is 19.3 Å². The Labute approximate surface area is 69.2 Å². The topological polar surface area (TPSA) is 33.0 Å². The minimum absolute atomic E-state index is 0.369. The van der Waals surface area contributed by atoms with Crippen molar-refractivity contribution in [3.63, 3.8) is 0 Å². The second kappa shape index (κ2) is 7.56. The van der Waals surface area contributed by atoms with Gasteiger partial charge in [0.1, 0.15) is 0 Å². The van der Waals surface area contributed by atoms with Crippen molar-refractivity contribution in [2.45, 2.75) is 45.6 Å². The summed E-state index contributed by atoms with van der Waals surface area (Å²) in [5, 5.41) is 8.25. The largest absolute Gasteiger partial charge is 0.377 e. The molecule has 0 aliphatic heterocycles. The lowest BCUT2D eigenvalue weighted by Gasteiger charge is -2.13. The summed E-state index contributed by atoms with van der Waals surface area (Å²) >= 11 is 0. The van der Waals surface area contributed by atoms with E-state index in [1.165, 1.54) is 0 Å². The van der Waals surface area contributed by atoms with Gasteiger partial charge in [0.05, 0.1) is 25.2 Å². The molecule has 0 saturated heterocycles. The highest BCUT2D eigenvalue weighted by atomic mass is 16.5. The van der Waals surface area contributed by atoms with Gasteiger partial charge in [0, 0.05) is 0 Å². The summed E-state index contributed by atoms with van der Waals surface area (Å²) in [7, 11) is 0. The lowest BCUT2D eigenvalue weighted by molar-refractivity contribution is 0.0482. The minimum Gasteiger partial charge on any atom is -0.377 e. The third kappa shape index (κ3) is 5.87. The van der Waals surface area contributed by atoms with Crippen LogP contribution in [0.15, 0.2) is 0 Å². The quantitative estimate of drug-likeness (QED) is 0.552. The standard InChI is InChI=1S/C9H17NO/c1-3-6-9(4-2)11-8-5-7-10/h9H,3-6,8H2,1-2H3. The van der Waals surface area contributed by atoms with Gasteiger partial charge in [0.15, 0.2) is 0 Å². The summed E-state index contributed by atoms with van der Waals surface area (Å²) in [4.78, 5) is 0. The molecule has 0 heterocycles. The highest BCUT2D eigenvalue weighted by Gasteiger charge is 2.03. The molecule has 0 aliphatic carbocycles. The zero-order valence-electron chi connectivity index (χ0n) is 7.47. The van der Waals surface area contributed by atoms with Crippen LogP contribution in [-0.2, 0) is 4.74 Å². The molecule has 1 atom stereocenters. The third-order valence-electron chi connectivity index (χ3n) is 1.63. The maximum Gasteiger partial charge on any atom is 0.0645 e. The first kappa shape index (κ1) is 10.4. The molecule has 0 aromatic heterocycles. The molecule has 2 heteroatoms. The van der Waals surface area contributed by atoms with Gasteiger partial charge >= 0.3 is 0 Å². The fraction of sp³-hybridized carbons (Fsp3) is 0.889. The average Bonchev–Trinajstić information content (AvgIpc) is 2.03. The van der Waals surface area contributed by atoms with Gasteiger partial charge in [-0.05, 0) is 12.8 Å². The first-order valence-electron chi connectivity index (χ1n) is 4.33. The molecule has 0 bridgehead atoms. The summed E-state index contributed by atoms with van der Waals surface area (Å²) in [6, 6.07) is 2.06. The third-order valence-corrected chi connectivity index (χ3v) is 1.63. The number of hydrogen-bond acceptors (Lipinski definition) is 2. The summed E-state index contributed by atoms with van der Waals surface area (Å²) < 4.78 is 5.45. The van der Waals surface area contributed by atoms with Crippen molar-refractivity contribution in [1.29, 1.82) is 5.26 Å². The van der Waals surface area contributed by atoms with Crippen molar-refractivity contribution in [3.05, 3.63) is 0 Å². The van der Waals surface area contributed by atoms with E-state index in [-0.39, 0.29) is 0 Å². The molecular weight excluding hydrogens is 138 g/mol. The van der Waals surface area contributed by atoms with E-state index in [0.29, 0.717) is 19.1 Å². The zero-order valence-corrected chi connectivity index (χ0v) is 7.47. The van der Waals surface area contributed by atoms with Gasteiger partial charge in [-0.25, -0.2) is 0 Å². The van der Waals surface area contributed by atoms with E-state index in [1.807, 2.05) is 0 Å². The number of nitriles is 1. The first-order chi connectivity index (χ1) is 5.35. The van der Waals surface area contributed by atoms with Crippen LogP contribution in [0.3, 0.4) is 0 Å². The number of nitrogens with zero attached hydrogens (tertiary/aromatic N) is 1. The van der Waals surface area contributed by atoms with Crippen LogP contribution < -0.4 is 0 Å². The zero-order chi connectivity index (χ0) is 8.53. The normalized spacial score (nSPS) is 12.5. The Bertz CT molecular complexity index is 117. The van der Waals surface area contributed by atoms with Crippen LogP contribution in [0.1, 0.15) is 39.5 Å². The van der Waals surface area contributed by atoms with Gasteiger partial charge in [0.2, 0.25) is 0 Å². The van der Waals surface area contributed by atoms with E-state index in [2.05, 4.69) is 19.9 Å². The van der Waals surface area contributed by atoms with Crippen molar-refractivity contribution >= 4 is 0 Å². The van der Waals surface area contributed by atoms with E-state index >= 15 is 0 Å². The van der Waals surface area contributed by atoms with Gasteiger partial charge < -0.3 is 4.74 Å². The number of rotatable bonds is 6. The van der Waals surface area contributed by atoms with Gasteiger partial charge in [-0.3, -0.25) is 0 Å². The molecule has 0 rings (SSSR count). The predicted octanol–water partition coefficient (Wildman–Crippen LogP) is 2.50. The first-order valence-corrected chi connectivity index (χ1v) is 4.33. The van der Waals surface area contributed by atoms with Crippen LogP contribution in [0.2, 0.25) is 0 Å². The molecule has 2 nitrogen and oxygen atoms in total. The molecule has 0 N–H and O–H groups in total. The maximum absolute atomic E-state index is 8.25. The summed E-state index contributed by atoms with van der Waals surface area (Å²) in [6.45, 7) is 4.86. The Balaban J connectivity index is 3.29. The van der Waals surface area contributed by atoms with E-state index in [1.54, 1.807) is 0 Å². The fourth-order valence-corrected chi connectivity index (χ4v) is 0.999. The Morgan fingerprint density at radius 2 is 2.18 bits per heavy atom. The molecule has 0 spiro atoms. The monoisotopic (exact) mass is 155 g/mol. The van der Waals surface area contributed by atoms with E-state index < -0.39 is 0 Å². The summed E-state index contributed by atoms with van der Waals surface area (Å²) in [6.07, 6.45) is 4.21. The Hall–Kier alpha value is -0.550. The van der Waals surface area contributed by atoms with Gasteiger partial charge in [-0.15, -0.1) is 0 Å². The highest BCUT2D eigenvalue weighted by Crippen LogP contribution is 2.05. The van der Waals surface area contributed by atoms with Crippen molar-refractivity contribution in [1.82, 2.24) is 0 Å². The van der Waals surface area contributed by atoms with Crippen LogP contribution in [-0.4, -0.2) is 12.7 Å². The predicted molar refractivity (Wildman–Crippen MR) is 45.2 cm³/mol. The molecule has 0 saturated carbocycles.